The van der Waals surface area contributed by atoms with Crippen LogP contribution in [-0.4, -0.2) is 33.7 Å². The molecule has 1 aromatic rings. The smallest absolute Gasteiger partial charge is 0.311 e. The maximum absolute atomic E-state index is 10.9. The van der Waals surface area contributed by atoms with Crippen LogP contribution < -0.4 is 10.6 Å². The normalized spacial score (nSPS) is 11.1. The summed E-state index contributed by atoms with van der Waals surface area (Å²) in [4.78, 5) is 14.5. The monoisotopic (exact) mass is 254 g/mol. The summed E-state index contributed by atoms with van der Waals surface area (Å²) in [5, 5.41) is 25.9. The first-order chi connectivity index (χ1) is 8.39. The van der Waals surface area contributed by atoms with Gasteiger partial charge in [-0.1, -0.05) is 0 Å². The van der Waals surface area contributed by atoms with Crippen LogP contribution >= 0.6 is 0 Å². The summed E-state index contributed by atoms with van der Waals surface area (Å²) in [7, 11) is 0. The third-order valence-electron chi connectivity index (χ3n) is 2.28. The van der Waals surface area contributed by atoms with Gasteiger partial charge < -0.3 is 15.7 Å². The molecule has 100 valence electrons. The quantitative estimate of drug-likeness (QED) is 0.526. The van der Waals surface area contributed by atoms with E-state index in [0.717, 1.165) is 0 Å². The standard InChI is InChI=1S/C11H18N4O3/c1-4-12-9-6-5-8(15(17)18)10(13-9)14-11(2,3)7-16/h5-6,16H,4,7H2,1-3H3,(H2,12,13,14). The van der Waals surface area contributed by atoms with Gasteiger partial charge in [0.25, 0.3) is 0 Å². The summed E-state index contributed by atoms with van der Waals surface area (Å²) in [5.74, 6) is 0.705. The molecule has 18 heavy (non-hydrogen) atoms. The van der Waals surface area contributed by atoms with E-state index in [4.69, 9.17) is 0 Å². The van der Waals surface area contributed by atoms with E-state index in [-0.39, 0.29) is 18.1 Å². The van der Waals surface area contributed by atoms with E-state index in [0.29, 0.717) is 12.4 Å². The topological polar surface area (TPSA) is 100 Å². The molecule has 0 amide bonds. The van der Waals surface area contributed by atoms with Crippen molar-refractivity contribution in [2.24, 2.45) is 0 Å². The Morgan fingerprint density at radius 1 is 1.50 bits per heavy atom. The van der Waals surface area contributed by atoms with Gasteiger partial charge in [0.1, 0.15) is 5.82 Å². The Balaban J connectivity index is 3.11. The van der Waals surface area contributed by atoms with Crippen molar-refractivity contribution in [3.8, 4) is 0 Å². The van der Waals surface area contributed by atoms with E-state index >= 15 is 0 Å². The lowest BCUT2D eigenvalue weighted by atomic mass is 10.1. The van der Waals surface area contributed by atoms with Gasteiger partial charge in [-0.05, 0) is 26.8 Å². The Labute approximate surface area is 105 Å². The van der Waals surface area contributed by atoms with Gasteiger partial charge in [-0.3, -0.25) is 10.1 Å². The van der Waals surface area contributed by atoms with Crippen LogP contribution in [0.2, 0.25) is 0 Å². The molecular weight excluding hydrogens is 236 g/mol. The predicted molar refractivity (Wildman–Crippen MR) is 69.8 cm³/mol. The minimum Gasteiger partial charge on any atom is -0.394 e. The van der Waals surface area contributed by atoms with Crippen LogP contribution in [0.25, 0.3) is 0 Å². The van der Waals surface area contributed by atoms with Gasteiger partial charge in [-0.25, -0.2) is 4.98 Å². The van der Waals surface area contributed by atoms with Crippen LogP contribution in [0.1, 0.15) is 20.8 Å². The molecule has 0 aliphatic rings. The summed E-state index contributed by atoms with van der Waals surface area (Å²) in [5.41, 5.74) is -0.791. The highest BCUT2D eigenvalue weighted by molar-refractivity contribution is 5.61. The van der Waals surface area contributed by atoms with Gasteiger partial charge in [0.05, 0.1) is 17.1 Å². The maximum atomic E-state index is 10.9. The summed E-state index contributed by atoms with van der Waals surface area (Å²) >= 11 is 0. The van der Waals surface area contributed by atoms with Crippen LogP contribution in [-0.2, 0) is 0 Å². The minimum absolute atomic E-state index is 0.113. The summed E-state index contributed by atoms with van der Waals surface area (Å²) in [6.07, 6.45) is 0. The molecule has 7 nitrogen and oxygen atoms in total. The molecule has 3 N–H and O–H groups in total. The number of anilines is 2. The number of aliphatic hydroxyl groups excluding tert-OH is 1. The van der Waals surface area contributed by atoms with Crippen molar-refractivity contribution in [1.82, 2.24) is 4.98 Å². The van der Waals surface area contributed by atoms with Gasteiger partial charge in [-0.15, -0.1) is 0 Å². The molecule has 0 aromatic carbocycles. The summed E-state index contributed by atoms with van der Waals surface area (Å²) < 4.78 is 0. The fourth-order valence-electron chi connectivity index (χ4n) is 1.33. The molecule has 0 atom stereocenters. The van der Waals surface area contributed by atoms with Crippen molar-refractivity contribution in [3.63, 3.8) is 0 Å². The lowest BCUT2D eigenvalue weighted by Crippen LogP contribution is -2.35. The van der Waals surface area contributed by atoms with Crippen molar-refractivity contribution in [1.29, 1.82) is 0 Å². The second kappa shape index (κ2) is 5.63. The first kappa shape index (κ1) is 14.2. The van der Waals surface area contributed by atoms with Crippen LogP contribution in [0.15, 0.2) is 12.1 Å². The second-order valence-electron chi connectivity index (χ2n) is 4.52. The fourth-order valence-corrected chi connectivity index (χ4v) is 1.33. The molecule has 0 saturated carbocycles. The average Bonchev–Trinajstić information content (AvgIpc) is 2.29. The van der Waals surface area contributed by atoms with E-state index < -0.39 is 10.5 Å². The third-order valence-corrected chi connectivity index (χ3v) is 2.28. The zero-order chi connectivity index (χ0) is 13.8. The van der Waals surface area contributed by atoms with Crippen molar-refractivity contribution >= 4 is 17.3 Å². The molecule has 0 bridgehead atoms. The molecule has 0 aliphatic carbocycles. The Hall–Kier alpha value is -1.89. The molecule has 1 rings (SSSR count). The molecule has 0 saturated heterocycles. The highest BCUT2D eigenvalue weighted by Gasteiger charge is 2.23. The first-order valence-corrected chi connectivity index (χ1v) is 5.68. The van der Waals surface area contributed by atoms with Gasteiger partial charge >= 0.3 is 5.69 Å². The van der Waals surface area contributed by atoms with Crippen molar-refractivity contribution < 1.29 is 10.0 Å². The number of rotatable bonds is 6. The van der Waals surface area contributed by atoms with Crippen LogP contribution in [0, 0.1) is 10.1 Å². The number of aromatic nitrogens is 1. The Morgan fingerprint density at radius 3 is 2.67 bits per heavy atom. The SMILES string of the molecule is CCNc1ccc([N+](=O)[O-])c(NC(C)(C)CO)n1. The van der Waals surface area contributed by atoms with Crippen LogP contribution in [0.4, 0.5) is 17.3 Å². The number of aliphatic hydroxyl groups is 1. The lowest BCUT2D eigenvalue weighted by Gasteiger charge is -2.24. The highest BCUT2D eigenvalue weighted by Crippen LogP contribution is 2.26. The molecule has 7 heteroatoms. The first-order valence-electron chi connectivity index (χ1n) is 5.68. The van der Waals surface area contributed by atoms with Gasteiger partial charge in [0.2, 0.25) is 5.82 Å². The van der Waals surface area contributed by atoms with Crippen molar-refractivity contribution in [2.75, 3.05) is 23.8 Å². The molecule has 0 aliphatic heterocycles. The van der Waals surface area contributed by atoms with Gasteiger partial charge in [0, 0.05) is 12.6 Å². The summed E-state index contributed by atoms with van der Waals surface area (Å²) in [6.45, 7) is 5.90. The summed E-state index contributed by atoms with van der Waals surface area (Å²) in [6, 6.07) is 2.94. The molecule has 1 aromatic heterocycles. The number of pyridine rings is 1. The van der Waals surface area contributed by atoms with E-state index in [2.05, 4.69) is 15.6 Å². The van der Waals surface area contributed by atoms with Gasteiger partial charge in [0.15, 0.2) is 0 Å². The number of nitrogens with one attached hydrogen (secondary N) is 2. The third kappa shape index (κ3) is 3.56. The number of hydrogen-bond acceptors (Lipinski definition) is 6. The largest absolute Gasteiger partial charge is 0.394 e. The van der Waals surface area contributed by atoms with E-state index in [1.807, 2.05) is 6.92 Å². The number of nitrogens with zero attached hydrogens (tertiary/aromatic N) is 2. The molecular formula is C11H18N4O3. The van der Waals surface area contributed by atoms with Crippen LogP contribution in [0.5, 0.6) is 0 Å². The second-order valence-corrected chi connectivity index (χ2v) is 4.52. The molecule has 0 fully saturated rings. The van der Waals surface area contributed by atoms with Gasteiger partial charge in [-0.2, -0.15) is 0 Å². The highest BCUT2D eigenvalue weighted by atomic mass is 16.6. The Morgan fingerprint density at radius 2 is 2.17 bits per heavy atom. The van der Waals surface area contributed by atoms with E-state index in [9.17, 15) is 15.2 Å². The number of hydrogen-bond donors (Lipinski definition) is 3. The van der Waals surface area contributed by atoms with E-state index in [1.165, 1.54) is 6.07 Å². The van der Waals surface area contributed by atoms with Crippen molar-refractivity contribution in [3.05, 3.63) is 22.2 Å². The average molecular weight is 254 g/mol. The fraction of sp³-hybridized carbons (Fsp3) is 0.545. The Kier molecular flexibility index (Phi) is 4.43. The minimum atomic E-state index is -0.678. The molecule has 0 unspecified atom stereocenters. The zero-order valence-corrected chi connectivity index (χ0v) is 10.7. The molecule has 1 heterocycles. The van der Waals surface area contributed by atoms with Crippen LogP contribution in [0.3, 0.4) is 0 Å². The molecule has 0 spiro atoms. The zero-order valence-electron chi connectivity index (χ0n) is 10.7. The van der Waals surface area contributed by atoms with E-state index in [1.54, 1.807) is 19.9 Å². The number of nitro groups is 1. The molecule has 0 radical (unpaired) electrons. The predicted octanol–water partition coefficient (Wildman–Crippen LogP) is 1.60. The Bertz CT molecular complexity index is 434. The van der Waals surface area contributed by atoms with Crippen molar-refractivity contribution in [2.45, 2.75) is 26.3 Å². The lowest BCUT2D eigenvalue weighted by molar-refractivity contribution is -0.384. The maximum Gasteiger partial charge on any atom is 0.311 e.